The molecule has 66 valence electrons. The lowest BCUT2D eigenvalue weighted by molar-refractivity contribution is -0.128. The molecular weight excluding hydrogens is 142 g/mol. The Kier molecular flexibility index (Phi) is 4.81. The van der Waals surface area contributed by atoms with Crippen molar-refractivity contribution in [1.82, 2.24) is 4.90 Å². The van der Waals surface area contributed by atoms with E-state index in [1.807, 2.05) is 6.92 Å². The van der Waals surface area contributed by atoms with Crippen LogP contribution in [0.3, 0.4) is 0 Å². The smallest absolute Gasteiger partial charge is 0.219 e. The molecule has 0 aliphatic heterocycles. The molecule has 0 aliphatic rings. The first-order chi connectivity index (χ1) is 5.07. The minimum atomic E-state index is 0.0189. The highest BCUT2D eigenvalue weighted by molar-refractivity contribution is 5.73. The van der Waals surface area contributed by atoms with Crippen LogP contribution >= 0.6 is 0 Å². The van der Waals surface area contributed by atoms with E-state index in [1.54, 1.807) is 4.90 Å². The maximum absolute atomic E-state index is 10.9. The molecule has 0 heterocycles. The van der Waals surface area contributed by atoms with E-state index in [2.05, 4.69) is 0 Å². The zero-order chi connectivity index (χ0) is 8.85. The predicted octanol–water partition coefficient (Wildman–Crippen LogP) is -0.859. The summed E-state index contributed by atoms with van der Waals surface area (Å²) in [6, 6.07) is 0.0189. The summed E-state index contributed by atoms with van der Waals surface area (Å²) in [5.41, 5.74) is 10.8. The first-order valence-electron chi connectivity index (χ1n) is 3.79. The molecular formula is C7H17N3O. The lowest BCUT2D eigenvalue weighted by Gasteiger charge is -2.21. The van der Waals surface area contributed by atoms with Crippen LogP contribution < -0.4 is 11.5 Å². The fourth-order valence-corrected chi connectivity index (χ4v) is 0.881. The molecule has 0 saturated heterocycles. The van der Waals surface area contributed by atoms with E-state index in [1.165, 1.54) is 6.92 Å². The third-order valence-corrected chi connectivity index (χ3v) is 1.35. The molecule has 0 rings (SSSR count). The minimum absolute atomic E-state index is 0.0189. The van der Waals surface area contributed by atoms with E-state index in [4.69, 9.17) is 11.5 Å². The molecule has 0 aromatic heterocycles. The first kappa shape index (κ1) is 10.4. The standard InChI is InChI=1S/C7H17N3O/c1-6(9)5-10(4-3-8)7(2)11/h6H,3-5,8-9H2,1-2H3. The topological polar surface area (TPSA) is 72.3 Å². The summed E-state index contributed by atoms with van der Waals surface area (Å²) in [7, 11) is 0. The summed E-state index contributed by atoms with van der Waals surface area (Å²) in [6.07, 6.45) is 0. The summed E-state index contributed by atoms with van der Waals surface area (Å²) in [5.74, 6) is 0.0350. The van der Waals surface area contributed by atoms with E-state index in [9.17, 15) is 4.79 Å². The van der Waals surface area contributed by atoms with Crippen LogP contribution in [0.5, 0.6) is 0 Å². The summed E-state index contributed by atoms with van der Waals surface area (Å²) < 4.78 is 0. The van der Waals surface area contributed by atoms with Gasteiger partial charge in [0.1, 0.15) is 0 Å². The van der Waals surface area contributed by atoms with E-state index in [0.717, 1.165) is 0 Å². The molecule has 11 heavy (non-hydrogen) atoms. The van der Waals surface area contributed by atoms with Gasteiger partial charge in [0.15, 0.2) is 0 Å². The molecule has 1 unspecified atom stereocenters. The predicted molar refractivity (Wildman–Crippen MR) is 45.0 cm³/mol. The van der Waals surface area contributed by atoms with Crippen molar-refractivity contribution in [2.45, 2.75) is 19.9 Å². The monoisotopic (exact) mass is 159 g/mol. The van der Waals surface area contributed by atoms with Gasteiger partial charge in [-0.15, -0.1) is 0 Å². The Balaban J connectivity index is 3.79. The minimum Gasteiger partial charge on any atom is -0.340 e. The van der Waals surface area contributed by atoms with Gasteiger partial charge in [0.25, 0.3) is 0 Å². The average Bonchev–Trinajstić information content (AvgIpc) is 1.86. The highest BCUT2D eigenvalue weighted by Crippen LogP contribution is 1.89. The van der Waals surface area contributed by atoms with Gasteiger partial charge in [-0.3, -0.25) is 4.79 Å². The summed E-state index contributed by atoms with van der Waals surface area (Å²) in [5, 5.41) is 0. The van der Waals surface area contributed by atoms with Crippen molar-refractivity contribution in [3.05, 3.63) is 0 Å². The van der Waals surface area contributed by atoms with Crippen molar-refractivity contribution in [2.24, 2.45) is 11.5 Å². The second-order valence-electron chi connectivity index (χ2n) is 2.73. The van der Waals surface area contributed by atoms with Crippen molar-refractivity contribution >= 4 is 5.91 Å². The Morgan fingerprint density at radius 2 is 2.18 bits per heavy atom. The normalized spacial score (nSPS) is 12.7. The molecule has 4 nitrogen and oxygen atoms in total. The number of hydrogen-bond donors (Lipinski definition) is 2. The van der Waals surface area contributed by atoms with Gasteiger partial charge in [-0.05, 0) is 6.92 Å². The fraction of sp³-hybridized carbons (Fsp3) is 0.857. The Bertz CT molecular complexity index is 125. The number of rotatable bonds is 4. The molecule has 0 spiro atoms. The van der Waals surface area contributed by atoms with E-state index in [0.29, 0.717) is 19.6 Å². The van der Waals surface area contributed by atoms with Crippen LogP contribution in [0.15, 0.2) is 0 Å². The van der Waals surface area contributed by atoms with Crippen LogP contribution in [0.25, 0.3) is 0 Å². The van der Waals surface area contributed by atoms with Gasteiger partial charge in [0.2, 0.25) is 5.91 Å². The van der Waals surface area contributed by atoms with Crippen LogP contribution in [-0.2, 0) is 4.79 Å². The largest absolute Gasteiger partial charge is 0.340 e. The number of carbonyl (C=O) groups is 1. The fourth-order valence-electron chi connectivity index (χ4n) is 0.881. The van der Waals surface area contributed by atoms with Gasteiger partial charge in [0, 0.05) is 32.6 Å². The summed E-state index contributed by atoms with van der Waals surface area (Å²) in [6.45, 7) is 5.07. The van der Waals surface area contributed by atoms with Gasteiger partial charge in [0.05, 0.1) is 0 Å². The number of carbonyl (C=O) groups excluding carboxylic acids is 1. The molecule has 1 amide bonds. The molecule has 0 aromatic rings. The second-order valence-corrected chi connectivity index (χ2v) is 2.73. The number of hydrogen-bond acceptors (Lipinski definition) is 3. The lowest BCUT2D eigenvalue weighted by atomic mass is 10.3. The maximum Gasteiger partial charge on any atom is 0.219 e. The average molecular weight is 159 g/mol. The van der Waals surface area contributed by atoms with Crippen LogP contribution in [0.4, 0.5) is 0 Å². The molecule has 0 saturated carbocycles. The zero-order valence-corrected chi connectivity index (χ0v) is 7.21. The van der Waals surface area contributed by atoms with Gasteiger partial charge >= 0.3 is 0 Å². The number of nitrogens with zero attached hydrogens (tertiary/aromatic N) is 1. The van der Waals surface area contributed by atoms with Crippen molar-refractivity contribution < 1.29 is 4.79 Å². The molecule has 1 atom stereocenters. The molecule has 0 aliphatic carbocycles. The highest BCUT2D eigenvalue weighted by atomic mass is 16.2. The van der Waals surface area contributed by atoms with E-state index in [-0.39, 0.29) is 11.9 Å². The Morgan fingerprint density at radius 1 is 1.64 bits per heavy atom. The summed E-state index contributed by atoms with van der Waals surface area (Å²) in [4.78, 5) is 12.5. The summed E-state index contributed by atoms with van der Waals surface area (Å²) >= 11 is 0. The van der Waals surface area contributed by atoms with Gasteiger partial charge in [-0.1, -0.05) is 0 Å². The molecule has 0 aromatic carbocycles. The Morgan fingerprint density at radius 3 is 2.45 bits per heavy atom. The van der Waals surface area contributed by atoms with Crippen LogP contribution in [-0.4, -0.2) is 36.5 Å². The third kappa shape index (κ3) is 4.75. The third-order valence-electron chi connectivity index (χ3n) is 1.35. The SMILES string of the molecule is CC(=O)N(CCN)CC(C)N. The van der Waals surface area contributed by atoms with Gasteiger partial charge in [-0.25, -0.2) is 0 Å². The quantitative estimate of drug-likeness (QED) is 0.560. The van der Waals surface area contributed by atoms with Crippen LogP contribution in [0.1, 0.15) is 13.8 Å². The van der Waals surface area contributed by atoms with Crippen LogP contribution in [0, 0.1) is 0 Å². The highest BCUT2D eigenvalue weighted by Gasteiger charge is 2.08. The van der Waals surface area contributed by atoms with Crippen molar-refractivity contribution in [1.29, 1.82) is 0 Å². The van der Waals surface area contributed by atoms with Crippen molar-refractivity contribution in [2.75, 3.05) is 19.6 Å². The van der Waals surface area contributed by atoms with Gasteiger partial charge in [-0.2, -0.15) is 0 Å². The maximum atomic E-state index is 10.9. The Labute approximate surface area is 67.5 Å². The van der Waals surface area contributed by atoms with Gasteiger partial charge < -0.3 is 16.4 Å². The first-order valence-corrected chi connectivity index (χ1v) is 3.79. The lowest BCUT2D eigenvalue weighted by Crippen LogP contribution is -2.41. The molecule has 4 heteroatoms. The molecule has 0 radical (unpaired) electrons. The van der Waals surface area contributed by atoms with E-state index >= 15 is 0 Å². The number of amides is 1. The Hall–Kier alpha value is -0.610. The van der Waals surface area contributed by atoms with Crippen LogP contribution in [0.2, 0.25) is 0 Å². The van der Waals surface area contributed by atoms with Crippen molar-refractivity contribution in [3.63, 3.8) is 0 Å². The molecule has 0 fully saturated rings. The zero-order valence-electron chi connectivity index (χ0n) is 7.21. The molecule has 0 bridgehead atoms. The molecule has 4 N–H and O–H groups in total. The van der Waals surface area contributed by atoms with E-state index < -0.39 is 0 Å². The number of nitrogens with two attached hydrogens (primary N) is 2. The van der Waals surface area contributed by atoms with Crippen molar-refractivity contribution in [3.8, 4) is 0 Å². The second kappa shape index (κ2) is 5.09.